The number of rotatable bonds is 4. The lowest BCUT2D eigenvalue weighted by Gasteiger charge is -2.44. The van der Waals surface area contributed by atoms with E-state index in [9.17, 15) is 18.2 Å². The molecule has 3 aliphatic rings. The minimum absolute atomic E-state index is 0.0204. The highest BCUT2D eigenvalue weighted by Crippen LogP contribution is 2.39. The van der Waals surface area contributed by atoms with Gasteiger partial charge < -0.3 is 10.1 Å². The molecule has 2 aliphatic heterocycles. The molecule has 1 aliphatic carbocycles. The van der Waals surface area contributed by atoms with Crippen LogP contribution in [0.2, 0.25) is 0 Å². The molecule has 2 heterocycles. The van der Waals surface area contributed by atoms with Gasteiger partial charge in [-0.15, -0.1) is 0 Å². The van der Waals surface area contributed by atoms with Crippen molar-refractivity contribution in [2.24, 2.45) is 16.2 Å². The standard InChI is InChI=1S/C22H29FN2O4S/c1-15-12-19(15)21(27)24-18-6-9-29-22(14-18)7-10-30(28,11-8-22)25-20(26)13-16-2-4-17(23)5-3-16/h2-5,15,18-19H,6-14H2,1H3,(H,24,27). The van der Waals surface area contributed by atoms with E-state index in [2.05, 4.69) is 16.6 Å². The Labute approximate surface area is 177 Å². The zero-order chi connectivity index (χ0) is 21.4. The van der Waals surface area contributed by atoms with Crippen LogP contribution in [0.4, 0.5) is 4.39 Å². The summed E-state index contributed by atoms with van der Waals surface area (Å²) in [6.45, 7) is 2.67. The van der Waals surface area contributed by atoms with Gasteiger partial charge in [-0.1, -0.05) is 19.1 Å². The van der Waals surface area contributed by atoms with Crippen molar-refractivity contribution < 1.29 is 22.9 Å². The third-order valence-electron chi connectivity index (χ3n) is 6.58. The lowest BCUT2D eigenvalue weighted by atomic mass is 9.85. The van der Waals surface area contributed by atoms with Crippen LogP contribution < -0.4 is 5.32 Å². The zero-order valence-corrected chi connectivity index (χ0v) is 18.1. The van der Waals surface area contributed by atoms with Crippen molar-refractivity contribution in [3.63, 3.8) is 0 Å². The fourth-order valence-electron chi connectivity index (χ4n) is 4.50. The second kappa shape index (κ2) is 8.38. The Hall–Kier alpha value is -1.80. The monoisotopic (exact) mass is 436 g/mol. The number of ether oxygens (including phenoxy) is 1. The summed E-state index contributed by atoms with van der Waals surface area (Å²) in [6.07, 6.45) is 3.66. The van der Waals surface area contributed by atoms with Crippen molar-refractivity contribution >= 4 is 21.5 Å². The van der Waals surface area contributed by atoms with Gasteiger partial charge in [0, 0.05) is 30.1 Å². The number of hydrogen-bond acceptors (Lipinski definition) is 4. The van der Waals surface area contributed by atoms with Crippen molar-refractivity contribution in [3.8, 4) is 0 Å². The van der Waals surface area contributed by atoms with Gasteiger partial charge in [-0.3, -0.25) is 9.59 Å². The lowest BCUT2D eigenvalue weighted by molar-refractivity contribution is -0.127. The van der Waals surface area contributed by atoms with Gasteiger partial charge in [0.25, 0.3) is 5.91 Å². The SMILES string of the molecule is CC1CC1C(=O)NC1CCOC2(CCS(=O)(=NC(=O)Cc3ccc(F)cc3)CC2)C1. The summed E-state index contributed by atoms with van der Waals surface area (Å²) in [5.74, 6) is 0.624. The molecule has 0 radical (unpaired) electrons. The molecular weight excluding hydrogens is 407 g/mol. The molecule has 1 spiro atoms. The van der Waals surface area contributed by atoms with Gasteiger partial charge in [0.05, 0.1) is 21.8 Å². The topological polar surface area (TPSA) is 84.8 Å². The van der Waals surface area contributed by atoms with Gasteiger partial charge in [-0.25, -0.2) is 8.60 Å². The molecule has 2 amide bonds. The van der Waals surface area contributed by atoms with Crippen LogP contribution in [0.1, 0.15) is 44.6 Å². The molecule has 30 heavy (non-hydrogen) atoms. The quantitative estimate of drug-likeness (QED) is 0.787. The molecule has 1 N–H and O–H groups in total. The summed E-state index contributed by atoms with van der Waals surface area (Å²) in [5.41, 5.74) is 0.265. The molecular formula is C22H29FN2O4S. The highest BCUT2D eigenvalue weighted by atomic mass is 32.2. The molecule has 3 unspecified atom stereocenters. The fourth-order valence-corrected chi connectivity index (χ4v) is 6.70. The maximum Gasteiger partial charge on any atom is 0.258 e. The van der Waals surface area contributed by atoms with E-state index in [0.717, 1.165) is 19.3 Å². The van der Waals surface area contributed by atoms with Gasteiger partial charge in [0.2, 0.25) is 5.91 Å². The van der Waals surface area contributed by atoms with Crippen LogP contribution >= 0.6 is 0 Å². The van der Waals surface area contributed by atoms with Crippen LogP contribution in [0.15, 0.2) is 28.6 Å². The average molecular weight is 437 g/mol. The number of carbonyl (C=O) groups excluding carboxylic acids is 2. The molecule has 8 heteroatoms. The maximum absolute atomic E-state index is 13.1. The van der Waals surface area contributed by atoms with Gasteiger partial charge in [-0.2, -0.15) is 4.36 Å². The molecule has 0 aromatic heterocycles. The van der Waals surface area contributed by atoms with E-state index in [1.165, 1.54) is 24.3 Å². The van der Waals surface area contributed by atoms with Crippen LogP contribution in [-0.2, 0) is 30.5 Å². The van der Waals surface area contributed by atoms with Gasteiger partial charge in [0.15, 0.2) is 0 Å². The lowest BCUT2D eigenvalue weighted by Crippen LogP contribution is -2.52. The smallest absolute Gasteiger partial charge is 0.258 e. The number of amides is 2. The first-order valence-corrected chi connectivity index (χ1v) is 12.6. The van der Waals surface area contributed by atoms with E-state index >= 15 is 0 Å². The molecule has 1 aromatic rings. The first-order valence-electron chi connectivity index (χ1n) is 10.7. The van der Waals surface area contributed by atoms with Crippen molar-refractivity contribution in [2.45, 2.75) is 57.1 Å². The first-order chi connectivity index (χ1) is 14.3. The Morgan fingerprint density at radius 2 is 1.93 bits per heavy atom. The third kappa shape index (κ3) is 5.09. The van der Waals surface area contributed by atoms with Crippen molar-refractivity contribution in [3.05, 3.63) is 35.6 Å². The van der Waals surface area contributed by atoms with Gasteiger partial charge >= 0.3 is 0 Å². The molecule has 1 aromatic carbocycles. The van der Waals surface area contributed by atoms with Crippen LogP contribution in [0.5, 0.6) is 0 Å². The maximum atomic E-state index is 13.1. The number of benzene rings is 1. The zero-order valence-electron chi connectivity index (χ0n) is 17.3. The summed E-state index contributed by atoms with van der Waals surface area (Å²) in [5, 5.41) is 3.17. The van der Waals surface area contributed by atoms with E-state index in [1.807, 2.05) is 0 Å². The Bertz CT molecular complexity index is 925. The second-order valence-electron chi connectivity index (χ2n) is 9.02. The summed E-state index contributed by atoms with van der Waals surface area (Å²) in [4.78, 5) is 24.6. The number of halogens is 1. The van der Waals surface area contributed by atoms with E-state index in [-0.39, 0.29) is 35.7 Å². The van der Waals surface area contributed by atoms with Crippen LogP contribution in [-0.4, -0.2) is 45.8 Å². The number of hydrogen-bond donors (Lipinski definition) is 1. The predicted molar refractivity (Wildman–Crippen MR) is 112 cm³/mol. The Balaban J connectivity index is 1.34. The van der Waals surface area contributed by atoms with E-state index < -0.39 is 15.6 Å². The van der Waals surface area contributed by atoms with Crippen LogP contribution in [0.25, 0.3) is 0 Å². The third-order valence-corrected chi connectivity index (χ3v) is 8.80. The van der Waals surface area contributed by atoms with Crippen LogP contribution in [0, 0.1) is 17.7 Å². The molecule has 4 rings (SSSR count). The molecule has 0 bridgehead atoms. The van der Waals surface area contributed by atoms with Crippen LogP contribution in [0.3, 0.4) is 0 Å². The number of nitrogens with zero attached hydrogens (tertiary/aromatic N) is 1. The molecule has 3 atom stereocenters. The van der Waals surface area contributed by atoms with E-state index in [4.69, 9.17) is 4.74 Å². The van der Waals surface area contributed by atoms with Gasteiger partial charge in [0.1, 0.15) is 5.82 Å². The molecule has 6 nitrogen and oxygen atoms in total. The first kappa shape index (κ1) is 21.4. The molecule has 2 saturated heterocycles. The number of carbonyl (C=O) groups is 2. The number of nitrogens with one attached hydrogen (secondary N) is 1. The van der Waals surface area contributed by atoms with E-state index in [1.54, 1.807) is 0 Å². The Morgan fingerprint density at radius 1 is 1.27 bits per heavy atom. The molecule has 164 valence electrons. The molecule has 3 fully saturated rings. The highest BCUT2D eigenvalue weighted by Gasteiger charge is 2.44. The summed E-state index contributed by atoms with van der Waals surface area (Å²) in [6, 6.07) is 5.76. The minimum Gasteiger partial charge on any atom is -0.375 e. The highest BCUT2D eigenvalue weighted by molar-refractivity contribution is 7.93. The molecule has 1 saturated carbocycles. The Kier molecular flexibility index (Phi) is 5.99. The van der Waals surface area contributed by atoms with Gasteiger partial charge in [-0.05, 0) is 55.7 Å². The predicted octanol–water partition coefficient (Wildman–Crippen LogP) is 2.85. The summed E-state index contributed by atoms with van der Waals surface area (Å²) < 4.78 is 36.2. The summed E-state index contributed by atoms with van der Waals surface area (Å²) in [7, 11) is -2.61. The Morgan fingerprint density at radius 3 is 2.57 bits per heavy atom. The second-order valence-corrected chi connectivity index (χ2v) is 11.6. The summed E-state index contributed by atoms with van der Waals surface area (Å²) >= 11 is 0. The normalized spacial score (nSPS) is 35.6. The van der Waals surface area contributed by atoms with Crippen molar-refractivity contribution in [2.75, 3.05) is 18.1 Å². The largest absolute Gasteiger partial charge is 0.375 e. The van der Waals surface area contributed by atoms with Crippen molar-refractivity contribution in [1.29, 1.82) is 0 Å². The minimum atomic E-state index is -2.61. The fraction of sp³-hybridized carbons (Fsp3) is 0.636. The van der Waals surface area contributed by atoms with Crippen molar-refractivity contribution in [1.82, 2.24) is 5.32 Å². The van der Waals surface area contributed by atoms with E-state index in [0.29, 0.717) is 42.4 Å². The average Bonchev–Trinajstić information content (AvgIpc) is 3.44.